The Hall–Kier alpha value is -0.0800. The zero-order valence-electron chi connectivity index (χ0n) is 7.86. The van der Waals surface area contributed by atoms with Crippen LogP contribution < -0.4 is 5.32 Å². The van der Waals surface area contributed by atoms with Crippen molar-refractivity contribution < 1.29 is 0 Å². The maximum Gasteiger partial charge on any atom is 0.0406 e. The van der Waals surface area contributed by atoms with Crippen molar-refractivity contribution in [3.63, 3.8) is 0 Å². The van der Waals surface area contributed by atoms with Crippen LogP contribution >= 0.6 is 0 Å². The van der Waals surface area contributed by atoms with Crippen molar-refractivity contribution in [3.05, 3.63) is 0 Å². The van der Waals surface area contributed by atoms with Gasteiger partial charge in [0.2, 0.25) is 0 Å². The Balaban J connectivity index is 0.000000371. The first-order valence-corrected chi connectivity index (χ1v) is 4.04. The quantitative estimate of drug-likeness (QED) is 0.589. The third-order valence-corrected chi connectivity index (χ3v) is 1.84. The number of likely N-dealkylation sites (N-methyl/N-ethyl adjacent to an activating group) is 2. The number of hydrogen-bond donors (Lipinski definition) is 1. The van der Waals surface area contributed by atoms with Gasteiger partial charge in [0.05, 0.1) is 0 Å². The average molecular weight is 144 g/mol. The smallest absolute Gasteiger partial charge is 0.0406 e. The van der Waals surface area contributed by atoms with E-state index in [1.165, 1.54) is 13.1 Å². The molecule has 10 heavy (non-hydrogen) atoms. The number of hydrogen-bond acceptors (Lipinski definition) is 2. The van der Waals surface area contributed by atoms with Crippen molar-refractivity contribution >= 4 is 0 Å². The first-order chi connectivity index (χ1) is 4.66. The zero-order chi connectivity index (χ0) is 8.20. The maximum atomic E-state index is 3.27. The van der Waals surface area contributed by atoms with E-state index in [1.807, 2.05) is 20.9 Å². The first kappa shape index (κ1) is 9.92. The summed E-state index contributed by atoms with van der Waals surface area (Å²) in [7, 11) is 4.16. The minimum absolute atomic E-state index is 0.411. The van der Waals surface area contributed by atoms with Crippen LogP contribution in [0.5, 0.6) is 0 Å². The van der Waals surface area contributed by atoms with Gasteiger partial charge in [-0.05, 0) is 21.0 Å². The lowest BCUT2D eigenvalue weighted by molar-refractivity contribution is 0.0879. The molecule has 0 aromatic heterocycles. The van der Waals surface area contributed by atoms with Gasteiger partial charge in [0.25, 0.3) is 0 Å². The monoisotopic (exact) mass is 144 g/mol. The summed E-state index contributed by atoms with van der Waals surface area (Å²) in [4.78, 5) is 2.30. The summed E-state index contributed by atoms with van der Waals surface area (Å²) >= 11 is 0. The van der Waals surface area contributed by atoms with Crippen molar-refractivity contribution in [3.8, 4) is 0 Å². The van der Waals surface area contributed by atoms with Crippen LogP contribution in [0.4, 0.5) is 0 Å². The summed E-state index contributed by atoms with van der Waals surface area (Å²) in [6.45, 7) is 8.61. The van der Waals surface area contributed by atoms with Crippen LogP contribution in [-0.2, 0) is 0 Å². The Morgan fingerprint density at radius 1 is 1.30 bits per heavy atom. The molecule has 0 bridgehead atoms. The molecule has 0 saturated carbocycles. The molecule has 0 amide bonds. The van der Waals surface area contributed by atoms with E-state index in [2.05, 4.69) is 24.2 Å². The van der Waals surface area contributed by atoms with Gasteiger partial charge >= 0.3 is 0 Å². The molecular weight excluding hydrogens is 124 g/mol. The maximum absolute atomic E-state index is 3.27. The van der Waals surface area contributed by atoms with Gasteiger partial charge in [-0.25, -0.2) is 0 Å². The summed E-state index contributed by atoms with van der Waals surface area (Å²) in [6.07, 6.45) is 0. The molecule has 2 heteroatoms. The SMILES string of the molecule is CC.CNC1(C)CN(C)C1. The third kappa shape index (κ3) is 2.27. The summed E-state index contributed by atoms with van der Waals surface area (Å²) in [5.41, 5.74) is 0.411. The Kier molecular flexibility index (Phi) is 3.91. The second kappa shape index (κ2) is 3.94. The van der Waals surface area contributed by atoms with Gasteiger partial charge in [-0.3, -0.25) is 0 Å². The molecule has 0 aliphatic carbocycles. The Labute approximate surface area is 64.6 Å². The van der Waals surface area contributed by atoms with Gasteiger partial charge in [-0.1, -0.05) is 13.8 Å². The van der Waals surface area contributed by atoms with Gasteiger partial charge in [0, 0.05) is 18.6 Å². The fourth-order valence-electron chi connectivity index (χ4n) is 1.30. The molecule has 0 atom stereocenters. The van der Waals surface area contributed by atoms with Crippen LogP contribution in [-0.4, -0.2) is 37.6 Å². The lowest BCUT2D eigenvalue weighted by atomic mass is 9.94. The van der Waals surface area contributed by atoms with Gasteiger partial charge in [0.15, 0.2) is 0 Å². The standard InChI is InChI=1S/C6H14N2.C2H6/c1-6(7-2)4-8(3)5-6;1-2/h7H,4-5H2,1-3H3;1-2H3. The molecule has 1 heterocycles. The van der Waals surface area contributed by atoms with E-state index in [1.54, 1.807) is 0 Å². The van der Waals surface area contributed by atoms with Crippen LogP contribution in [0.25, 0.3) is 0 Å². The molecule has 1 fully saturated rings. The van der Waals surface area contributed by atoms with Crippen molar-refractivity contribution in [2.45, 2.75) is 26.3 Å². The molecule has 0 unspecified atom stereocenters. The minimum Gasteiger partial charge on any atom is -0.312 e. The van der Waals surface area contributed by atoms with Crippen LogP contribution in [0.2, 0.25) is 0 Å². The van der Waals surface area contributed by atoms with Gasteiger partial charge in [0.1, 0.15) is 0 Å². The minimum atomic E-state index is 0.411. The van der Waals surface area contributed by atoms with E-state index in [9.17, 15) is 0 Å². The van der Waals surface area contributed by atoms with Crippen LogP contribution in [0, 0.1) is 0 Å². The predicted octanol–water partition coefficient (Wildman–Crippen LogP) is 0.936. The van der Waals surface area contributed by atoms with Crippen LogP contribution in [0.1, 0.15) is 20.8 Å². The van der Waals surface area contributed by atoms with E-state index in [-0.39, 0.29) is 0 Å². The molecular formula is C8H20N2. The third-order valence-electron chi connectivity index (χ3n) is 1.84. The molecule has 62 valence electrons. The second-order valence-corrected chi connectivity index (χ2v) is 2.98. The predicted molar refractivity (Wildman–Crippen MR) is 46.3 cm³/mol. The largest absolute Gasteiger partial charge is 0.312 e. The van der Waals surface area contributed by atoms with Crippen molar-refractivity contribution in [2.75, 3.05) is 27.2 Å². The lowest BCUT2D eigenvalue weighted by Crippen LogP contribution is -2.64. The normalized spacial score (nSPS) is 22.5. The lowest BCUT2D eigenvalue weighted by Gasteiger charge is -2.46. The van der Waals surface area contributed by atoms with E-state index in [0.29, 0.717) is 5.54 Å². The number of rotatable bonds is 1. The fourth-order valence-corrected chi connectivity index (χ4v) is 1.30. The zero-order valence-corrected chi connectivity index (χ0v) is 7.86. The van der Waals surface area contributed by atoms with Crippen molar-refractivity contribution in [1.82, 2.24) is 10.2 Å². The fraction of sp³-hybridized carbons (Fsp3) is 1.00. The number of nitrogens with zero attached hydrogens (tertiary/aromatic N) is 1. The highest BCUT2D eigenvalue weighted by atomic mass is 15.2. The molecule has 0 aromatic rings. The highest BCUT2D eigenvalue weighted by Gasteiger charge is 2.34. The molecule has 0 spiro atoms. The summed E-state index contributed by atoms with van der Waals surface area (Å²) in [5.74, 6) is 0. The Bertz CT molecular complexity index is 85.3. The molecule has 1 aliphatic rings. The topological polar surface area (TPSA) is 15.3 Å². The van der Waals surface area contributed by atoms with E-state index < -0.39 is 0 Å². The molecule has 2 nitrogen and oxygen atoms in total. The highest BCUT2D eigenvalue weighted by Crippen LogP contribution is 2.16. The first-order valence-electron chi connectivity index (χ1n) is 4.04. The Morgan fingerprint density at radius 2 is 1.70 bits per heavy atom. The number of likely N-dealkylation sites (tertiary alicyclic amines) is 1. The summed E-state index contributed by atoms with van der Waals surface area (Å²) < 4.78 is 0. The Morgan fingerprint density at radius 3 is 1.80 bits per heavy atom. The summed E-state index contributed by atoms with van der Waals surface area (Å²) in [5, 5.41) is 3.27. The molecule has 0 aromatic carbocycles. The molecule has 1 saturated heterocycles. The van der Waals surface area contributed by atoms with Gasteiger partial charge in [-0.2, -0.15) is 0 Å². The van der Waals surface area contributed by atoms with E-state index >= 15 is 0 Å². The van der Waals surface area contributed by atoms with Crippen LogP contribution in [0.15, 0.2) is 0 Å². The van der Waals surface area contributed by atoms with Crippen molar-refractivity contribution in [1.29, 1.82) is 0 Å². The van der Waals surface area contributed by atoms with Gasteiger partial charge in [-0.15, -0.1) is 0 Å². The second-order valence-electron chi connectivity index (χ2n) is 2.98. The van der Waals surface area contributed by atoms with Crippen molar-refractivity contribution in [2.24, 2.45) is 0 Å². The summed E-state index contributed by atoms with van der Waals surface area (Å²) in [6, 6.07) is 0. The average Bonchev–Trinajstić information content (AvgIpc) is 1.90. The highest BCUT2D eigenvalue weighted by molar-refractivity contribution is 4.96. The molecule has 1 aliphatic heterocycles. The van der Waals surface area contributed by atoms with Crippen LogP contribution in [0.3, 0.4) is 0 Å². The molecule has 1 N–H and O–H groups in total. The van der Waals surface area contributed by atoms with E-state index in [4.69, 9.17) is 0 Å². The van der Waals surface area contributed by atoms with E-state index in [0.717, 1.165) is 0 Å². The van der Waals surface area contributed by atoms with Gasteiger partial charge < -0.3 is 10.2 Å². The molecule has 0 radical (unpaired) electrons. The number of nitrogens with one attached hydrogen (secondary N) is 1. The molecule has 1 rings (SSSR count).